The Morgan fingerprint density at radius 3 is 2.81 bits per heavy atom. The number of amides is 1. The summed E-state index contributed by atoms with van der Waals surface area (Å²) in [4.78, 5) is 12.2. The summed E-state index contributed by atoms with van der Waals surface area (Å²) < 4.78 is 5.41. The molecule has 0 fully saturated rings. The molecule has 2 aromatic rings. The molecule has 0 aliphatic heterocycles. The largest absolute Gasteiger partial charge is 0.496 e. The van der Waals surface area contributed by atoms with Crippen molar-refractivity contribution in [3.05, 3.63) is 51.2 Å². The molecular weight excluding hydrogens is 284 g/mol. The van der Waals surface area contributed by atoms with Crippen LogP contribution in [0.3, 0.4) is 0 Å². The molecular formula is C16H20N2O2S. The van der Waals surface area contributed by atoms with Gasteiger partial charge in [-0.2, -0.15) is 0 Å². The molecule has 1 aromatic heterocycles. The van der Waals surface area contributed by atoms with E-state index in [1.807, 2.05) is 18.2 Å². The molecule has 1 heterocycles. The zero-order chi connectivity index (χ0) is 15.4. The molecule has 0 bridgehead atoms. The number of hydrogen-bond acceptors (Lipinski definition) is 4. The van der Waals surface area contributed by atoms with Gasteiger partial charge in [0.15, 0.2) is 0 Å². The molecule has 2 rings (SSSR count). The Labute approximate surface area is 128 Å². The predicted molar refractivity (Wildman–Crippen MR) is 85.8 cm³/mol. The van der Waals surface area contributed by atoms with Crippen LogP contribution in [0.4, 0.5) is 0 Å². The van der Waals surface area contributed by atoms with Crippen LogP contribution < -0.4 is 15.8 Å². The molecule has 112 valence electrons. The zero-order valence-corrected chi connectivity index (χ0v) is 13.3. The number of nitrogens with two attached hydrogens (primary N) is 1. The highest BCUT2D eigenvalue weighted by Gasteiger charge is 2.12. The molecule has 1 aromatic carbocycles. The second-order valence-corrected chi connectivity index (χ2v) is 6.01. The molecule has 0 radical (unpaired) electrons. The van der Waals surface area contributed by atoms with Crippen LogP contribution in [0.1, 0.15) is 39.3 Å². The number of aryl methyl sites for hydroxylation is 1. The van der Waals surface area contributed by atoms with E-state index < -0.39 is 0 Å². The minimum Gasteiger partial charge on any atom is -0.496 e. The van der Waals surface area contributed by atoms with Crippen molar-refractivity contribution < 1.29 is 9.53 Å². The number of methoxy groups -OCH3 is 1. The van der Waals surface area contributed by atoms with Crippen molar-refractivity contribution in [2.75, 3.05) is 7.11 Å². The van der Waals surface area contributed by atoms with Gasteiger partial charge < -0.3 is 15.8 Å². The summed E-state index contributed by atoms with van der Waals surface area (Å²) in [6.45, 7) is 4.85. The lowest BCUT2D eigenvalue weighted by Gasteiger charge is -2.17. The van der Waals surface area contributed by atoms with Gasteiger partial charge >= 0.3 is 0 Å². The maximum Gasteiger partial charge on any atom is 0.249 e. The molecule has 0 saturated heterocycles. The molecule has 21 heavy (non-hydrogen) atoms. The van der Waals surface area contributed by atoms with Crippen molar-refractivity contribution in [2.45, 2.75) is 26.4 Å². The quantitative estimate of drug-likeness (QED) is 0.862. The molecule has 1 amide bonds. The third-order valence-corrected chi connectivity index (χ3v) is 4.31. The number of nitrogens with one attached hydrogen (secondary N) is 1. The normalized spacial score (nSPS) is 12.1. The average molecular weight is 304 g/mol. The van der Waals surface area contributed by atoms with Crippen molar-refractivity contribution >= 4 is 17.2 Å². The SMILES string of the molecule is COc1ccc(C)cc1C(C)NCc1cc(C(N)=O)cs1. The van der Waals surface area contributed by atoms with Gasteiger partial charge in [-0.25, -0.2) is 0 Å². The van der Waals surface area contributed by atoms with Crippen molar-refractivity contribution in [3.8, 4) is 5.75 Å². The fraction of sp³-hybridized carbons (Fsp3) is 0.312. The molecule has 1 atom stereocenters. The van der Waals surface area contributed by atoms with Gasteiger partial charge in [0.25, 0.3) is 0 Å². The van der Waals surface area contributed by atoms with E-state index in [9.17, 15) is 4.79 Å². The topological polar surface area (TPSA) is 64.3 Å². The zero-order valence-electron chi connectivity index (χ0n) is 12.5. The lowest BCUT2D eigenvalue weighted by Crippen LogP contribution is -2.18. The van der Waals surface area contributed by atoms with Crippen LogP contribution in [0.2, 0.25) is 0 Å². The van der Waals surface area contributed by atoms with E-state index in [0.29, 0.717) is 12.1 Å². The predicted octanol–water partition coefficient (Wildman–Crippen LogP) is 3.01. The molecule has 3 N–H and O–H groups in total. The number of thiophene rings is 1. The third-order valence-electron chi connectivity index (χ3n) is 3.37. The minimum absolute atomic E-state index is 0.152. The summed E-state index contributed by atoms with van der Waals surface area (Å²) in [5, 5.41) is 5.24. The monoisotopic (exact) mass is 304 g/mol. The van der Waals surface area contributed by atoms with E-state index in [-0.39, 0.29) is 11.9 Å². The molecule has 0 spiro atoms. The van der Waals surface area contributed by atoms with Gasteiger partial charge in [0.1, 0.15) is 5.75 Å². The Balaban J connectivity index is 2.05. The minimum atomic E-state index is -0.383. The third kappa shape index (κ3) is 3.83. The standard InChI is InChI=1S/C16H20N2O2S/c1-10-4-5-15(20-3)14(6-10)11(2)18-8-13-7-12(9-21-13)16(17)19/h4-7,9,11,18H,8H2,1-3H3,(H2,17,19). The summed E-state index contributed by atoms with van der Waals surface area (Å²) in [7, 11) is 1.68. The van der Waals surface area contributed by atoms with Crippen molar-refractivity contribution in [2.24, 2.45) is 5.73 Å². The summed E-state index contributed by atoms with van der Waals surface area (Å²) >= 11 is 1.53. The van der Waals surface area contributed by atoms with Crippen molar-refractivity contribution in [1.82, 2.24) is 5.32 Å². The first-order chi connectivity index (χ1) is 10.0. The molecule has 0 aliphatic rings. The number of carbonyl (C=O) groups excluding carboxylic acids is 1. The smallest absolute Gasteiger partial charge is 0.249 e. The van der Waals surface area contributed by atoms with Crippen LogP contribution in [0.5, 0.6) is 5.75 Å². The van der Waals surface area contributed by atoms with Gasteiger partial charge in [0.2, 0.25) is 5.91 Å². The molecule has 0 aliphatic carbocycles. The van der Waals surface area contributed by atoms with Gasteiger partial charge in [0, 0.05) is 28.4 Å². The average Bonchev–Trinajstić information content (AvgIpc) is 2.94. The summed E-state index contributed by atoms with van der Waals surface area (Å²) in [6, 6.07) is 8.13. The Kier molecular flexibility index (Phi) is 4.98. The van der Waals surface area contributed by atoms with E-state index in [0.717, 1.165) is 16.2 Å². The molecule has 0 saturated carbocycles. The van der Waals surface area contributed by atoms with Crippen LogP contribution in [0.25, 0.3) is 0 Å². The van der Waals surface area contributed by atoms with Gasteiger partial charge in [-0.15, -0.1) is 11.3 Å². The Morgan fingerprint density at radius 1 is 1.43 bits per heavy atom. The molecule has 4 nitrogen and oxygen atoms in total. The number of rotatable bonds is 6. The Hall–Kier alpha value is -1.85. The Morgan fingerprint density at radius 2 is 2.19 bits per heavy atom. The van der Waals surface area contributed by atoms with Gasteiger partial charge in [0.05, 0.1) is 12.7 Å². The van der Waals surface area contributed by atoms with E-state index >= 15 is 0 Å². The fourth-order valence-electron chi connectivity index (χ4n) is 2.16. The van der Waals surface area contributed by atoms with E-state index in [1.54, 1.807) is 12.5 Å². The van der Waals surface area contributed by atoms with E-state index in [2.05, 4.69) is 25.2 Å². The van der Waals surface area contributed by atoms with E-state index in [4.69, 9.17) is 10.5 Å². The number of hydrogen-bond donors (Lipinski definition) is 2. The molecule has 5 heteroatoms. The van der Waals surface area contributed by atoms with Gasteiger partial charge in [-0.3, -0.25) is 4.79 Å². The number of carbonyl (C=O) groups is 1. The van der Waals surface area contributed by atoms with Crippen LogP contribution in [-0.4, -0.2) is 13.0 Å². The maximum absolute atomic E-state index is 11.1. The highest BCUT2D eigenvalue weighted by atomic mass is 32.1. The second-order valence-electron chi connectivity index (χ2n) is 5.01. The number of primary amides is 1. The summed E-state index contributed by atoms with van der Waals surface area (Å²) in [5.41, 5.74) is 8.16. The van der Waals surface area contributed by atoms with Gasteiger partial charge in [-0.1, -0.05) is 17.7 Å². The van der Waals surface area contributed by atoms with Crippen molar-refractivity contribution in [1.29, 1.82) is 0 Å². The highest BCUT2D eigenvalue weighted by Crippen LogP contribution is 2.26. The Bertz CT molecular complexity index is 637. The van der Waals surface area contributed by atoms with Crippen LogP contribution in [0.15, 0.2) is 29.6 Å². The van der Waals surface area contributed by atoms with Crippen molar-refractivity contribution in [3.63, 3.8) is 0 Å². The first-order valence-electron chi connectivity index (χ1n) is 6.76. The second kappa shape index (κ2) is 6.74. The summed E-state index contributed by atoms with van der Waals surface area (Å²) in [5.74, 6) is 0.496. The number of ether oxygens (including phenoxy) is 1. The van der Waals surface area contributed by atoms with Crippen LogP contribution in [0, 0.1) is 6.92 Å². The van der Waals surface area contributed by atoms with Crippen LogP contribution in [-0.2, 0) is 6.54 Å². The first-order valence-corrected chi connectivity index (χ1v) is 7.64. The summed E-state index contributed by atoms with van der Waals surface area (Å²) in [6.07, 6.45) is 0. The lowest BCUT2D eigenvalue weighted by molar-refractivity contribution is 0.100. The lowest BCUT2D eigenvalue weighted by atomic mass is 10.0. The fourth-order valence-corrected chi connectivity index (χ4v) is 2.98. The van der Waals surface area contributed by atoms with Crippen LogP contribution >= 0.6 is 11.3 Å². The highest BCUT2D eigenvalue weighted by molar-refractivity contribution is 7.10. The number of benzene rings is 1. The molecule has 1 unspecified atom stereocenters. The van der Waals surface area contributed by atoms with Gasteiger partial charge in [-0.05, 0) is 26.0 Å². The first kappa shape index (κ1) is 15.5. The van der Waals surface area contributed by atoms with E-state index in [1.165, 1.54) is 16.9 Å². The maximum atomic E-state index is 11.1.